The summed E-state index contributed by atoms with van der Waals surface area (Å²) in [6.07, 6.45) is 120. The summed E-state index contributed by atoms with van der Waals surface area (Å²) in [5.74, 6) is -1.65. The molecule has 4 N–H and O–H groups in total. The molecule has 18 heteroatoms. The molecule has 5 atom stereocenters. The number of aliphatic hydroxyl groups is 2. The van der Waals surface area contributed by atoms with Gasteiger partial charge >= 0.3 is 33.6 Å². The number of carbonyl (C=O) groups excluding carboxylic acids is 3. The molecule has 0 aliphatic rings. The summed E-state index contributed by atoms with van der Waals surface area (Å²) in [7, 11) is -9.83. The van der Waals surface area contributed by atoms with Gasteiger partial charge in [0.15, 0.2) is 6.10 Å². The summed E-state index contributed by atoms with van der Waals surface area (Å²) in [6, 6.07) is 0. The first-order chi connectivity index (χ1) is 57.2. The fraction of sp³-hybridized carbons (Fsp3) is 0.626. The topological polar surface area (TPSA) is 231 Å². The molecule has 0 fully saturated rings. The predicted octanol–water partition coefficient (Wildman–Crippen LogP) is 28.0. The zero-order valence-electron chi connectivity index (χ0n) is 73.0. The van der Waals surface area contributed by atoms with E-state index in [0.29, 0.717) is 25.7 Å². The van der Waals surface area contributed by atoms with Crippen LogP contribution in [0.2, 0.25) is 0 Å². The van der Waals surface area contributed by atoms with E-state index in [4.69, 9.17) is 32.3 Å². The van der Waals surface area contributed by atoms with E-state index in [1.165, 1.54) is 116 Å². The highest BCUT2D eigenvalue weighted by atomic mass is 31.2. The lowest BCUT2D eigenvalue weighted by Crippen LogP contribution is -2.30. The maximum absolute atomic E-state index is 13.0. The molecular weight excluding hydrogens is 1510 g/mol. The number of ether oxygens (including phenoxy) is 3. The van der Waals surface area contributed by atoms with Gasteiger partial charge in [-0.25, -0.2) is 9.13 Å². The number of aliphatic hydroxyl groups excluding tert-OH is 2. The second-order valence-corrected chi connectivity index (χ2v) is 32.5. The smallest absolute Gasteiger partial charge is 0.463 e. The van der Waals surface area contributed by atoms with Crippen molar-refractivity contribution in [1.29, 1.82) is 0 Å². The van der Waals surface area contributed by atoms with E-state index >= 15 is 0 Å². The molecular formula is C99H162O16P2. The van der Waals surface area contributed by atoms with E-state index in [2.05, 4.69) is 215 Å². The molecule has 0 amide bonds. The maximum atomic E-state index is 13.0. The van der Waals surface area contributed by atoms with Crippen LogP contribution in [0.25, 0.3) is 0 Å². The van der Waals surface area contributed by atoms with E-state index in [1.807, 2.05) is 12.2 Å². The normalized spacial score (nSPS) is 14.8. The highest BCUT2D eigenvalue weighted by Crippen LogP contribution is 2.45. The lowest BCUT2D eigenvalue weighted by molar-refractivity contribution is -0.161. The van der Waals surface area contributed by atoms with Gasteiger partial charge in [-0.05, 0) is 161 Å². The molecule has 0 saturated carbocycles. The van der Waals surface area contributed by atoms with Crippen molar-refractivity contribution in [3.8, 4) is 0 Å². The molecule has 0 aromatic heterocycles. The molecule has 0 rings (SSSR count). The van der Waals surface area contributed by atoms with Crippen LogP contribution in [0.1, 0.15) is 342 Å². The van der Waals surface area contributed by atoms with Gasteiger partial charge in [0.25, 0.3) is 0 Å². The minimum absolute atomic E-state index is 0.0189. The van der Waals surface area contributed by atoms with Crippen LogP contribution >= 0.6 is 15.6 Å². The average molecular weight is 1670 g/mol. The number of allylic oxidation sites excluding steroid dienone is 34. The summed E-state index contributed by atoms with van der Waals surface area (Å²) in [4.78, 5) is 58.9. The van der Waals surface area contributed by atoms with Crippen molar-refractivity contribution in [2.75, 3.05) is 39.6 Å². The van der Waals surface area contributed by atoms with Gasteiger partial charge in [-0.3, -0.25) is 32.5 Å². The predicted molar refractivity (Wildman–Crippen MR) is 491 cm³/mol. The van der Waals surface area contributed by atoms with Gasteiger partial charge in [0.1, 0.15) is 25.4 Å². The first-order valence-corrected chi connectivity index (χ1v) is 48.4. The van der Waals surface area contributed by atoms with Crippen LogP contribution in [0.15, 0.2) is 207 Å². The lowest BCUT2D eigenvalue weighted by Gasteiger charge is -2.21. The SMILES string of the molecule is CC/C=C\C/C=C\C/C=C\C/C=C\C/C=C\C/C=C\CCCCCCCCCCCCCCCCCCC(=O)OCC(O)COP(=O)(O)OCC(O)COP(=O)(O)OCC(COC(=O)CCCCCCCCCCCC/C=C\C/C=C\C/C=C\C/C=C\C/C=C\C/C=C\CC)OC(=O)CCC/C=C\C/C=C\C/C=C\C/C=C\C/C=C\CC. The molecule has 5 unspecified atom stereocenters. The molecule has 0 aliphatic carbocycles. The van der Waals surface area contributed by atoms with Gasteiger partial charge in [0.05, 0.1) is 26.4 Å². The first-order valence-electron chi connectivity index (χ1n) is 45.4. The van der Waals surface area contributed by atoms with E-state index < -0.39 is 91.5 Å². The number of phosphoric ester groups is 2. The first kappa shape index (κ1) is 111. The van der Waals surface area contributed by atoms with Crippen molar-refractivity contribution in [1.82, 2.24) is 0 Å². The third-order valence-corrected chi connectivity index (χ3v) is 20.4. The second kappa shape index (κ2) is 89.4. The summed E-state index contributed by atoms with van der Waals surface area (Å²) < 4.78 is 61.3. The molecule has 0 spiro atoms. The standard InChI is InChI=1S/C99H162O16P2/c1-4-7-10-13-16-19-22-25-28-31-33-35-37-39-41-43-44-45-46-47-48-50-52-53-55-57-59-62-64-67-70-73-76-79-82-85-97(102)109-88-94(100)89-111-116(105,106)112-90-95(101)91-113-117(107,108)114-93-96(115-99(104)87-84-81-78-75-72-69-66-61-30-27-24-21-18-15-12-9-6-3)92-110-98(103)86-83-80-77-74-71-68-65-63-60-58-56-54-51-49-42-40-38-36-34-32-29-26-23-20-17-14-11-8-5-2/h7-12,16-21,25-30,33-36,39-42,44-45,51,54,66,69,75,78,94-96,100-101H,4-6,13-15,22-24,31-32,37-38,43,46-50,52-53,55-65,67-68,70-74,76-77,79-93H2,1-3H3,(H,105,106)(H,107,108)/b10-7-,11-8-,12-9-,19-16-,20-17-,21-18-,28-25-,29-26-,30-27-,35-33-,36-34-,41-39-,42-40-,45-44-,54-51-,69-66-,78-75-. The zero-order chi connectivity index (χ0) is 85.1. The summed E-state index contributed by atoms with van der Waals surface area (Å²) in [5.41, 5.74) is 0. The van der Waals surface area contributed by atoms with E-state index in [9.17, 15) is 43.5 Å². The van der Waals surface area contributed by atoms with Crippen LogP contribution in [0.5, 0.6) is 0 Å². The van der Waals surface area contributed by atoms with Gasteiger partial charge in [0, 0.05) is 19.3 Å². The molecule has 0 aromatic carbocycles. The van der Waals surface area contributed by atoms with Crippen LogP contribution in [0, 0.1) is 0 Å². The summed E-state index contributed by atoms with van der Waals surface area (Å²) >= 11 is 0. The van der Waals surface area contributed by atoms with Crippen LogP contribution in [0.4, 0.5) is 0 Å². The number of hydrogen-bond acceptors (Lipinski definition) is 14. The second-order valence-electron chi connectivity index (χ2n) is 29.6. The molecule has 0 radical (unpaired) electrons. The van der Waals surface area contributed by atoms with Crippen molar-refractivity contribution in [2.45, 2.75) is 360 Å². The molecule has 0 aromatic rings. The van der Waals surface area contributed by atoms with E-state index in [0.717, 1.165) is 161 Å². The molecule has 0 heterocycles. The molecule has 0 bridgehead atoms. The van der Waals surface area contributed by atoms with Crippen molar-refractivity contribution in [3.05, 3.63) is 207 Å². The Hall–Kier alpha value is -5.87. The van der Waals surface area contributed by atoms with E-state index in [-0.39, 0.29) is 19.3 Å². The van der Waals surface area contributed by atoms with Crippen LogP contribution < -0.4 is 0 Å². The third-order valence-electron chi connectivity index (χ3n) is 18.5. The monoisotopic (exact) mass is 1670 g/mol. The number of hydrogen-bond donors (Lipinski definition) is 4. The maximum Gasteiger partial charge on any atom is 0.472 e. The van der Waals surface area contributed by atoms with Gasteiger partial charge < -0.3 is 34.2 Å². The fourth-order valence-electron chi connectivity index (χ4n) is 11.7. The van der Waals surface area contributed by atoms with Crippen LogP contribution in [0.3, 0.4) is 0 Å². The Morgan fingerprint density at radius 1 is 0.239 bits per heavy atom. The van der Waals surface area contributed by atoms with Crippen molar-refractivity contribution in [2.24, 2.45) is 0 Å². The quantitative estimate of drug-likeness (QED) is 0.0146. The van der Waals surface area contributed by atoms with Crippen LogP contribution in [-0.4, -0.2) is 95.9 Å². The zero-order valence-corrected chi connectivity index (χ0v) is 74.8. The summed E-state index contributed by atoms with van der Waals surface area (Å²) in [5, 5.41) is 20.7. The van der Waals surface area contributed by atoms with Crippen LogP contribution in [-0.2, 0) is 55.8 Å². The highest BCUT2D eigenvalue weighted by Gasteiger charge is 2.29. The van der Waals surface area contributed by atoms with Gasteiger partial charge in [-0.15, -0.1) is 0 Å². The Morgan fingerprint density at radius 2 is 0.436 bits per heavy atom. The Bertz CT molecular complexity index is 2960. The van der Waals surface area contributed by atoms with Crippen molar-refractivity contribution >= 4 is 33.6 Å². The minimum Gasteiger partial charge on any atom is -0.463 e. The lowest BCUT2D eigenvalue weighted by atomic mass is 10.0. The van der Waals surface area contributed by atoms with Gasteiger partial charge in [0.2, 0.25) is 0 Å². The van der Waals surface area contributed by atoms with Crippen molar-refractivity contribution < 1.29 is 75.8 Å². The van der Waals surface area contributed by atoms with Crippen molar-refractivity contribution in [3.63, 3.8) is 0 Å². The average Bonchev–Trinajstić information content (AvgIpc) is 0.901. The third kappa shape index (κ3) is 90.7. The highest BCUT2D eigenvalue weighted by molar-refractivity contribution is 7.47. The van der Waals surface area contributed by atoms with E-state index in [1.54, 1.807) is 0 Å². The number of carbonyl (C=O) groups is 3. The number of unbranched alkanes of at least 4 members (excludes halogenated alkanes) is 27. The fourth-order valence-corrected chi connectivity index (χ4v) is 13.3. The molecule has 0 saturated heterocycles. The Balaban J connectivity index is 4.53. The van der Waals surface area contributed by atoms with Gasteiger partial charge in [-0.2, -0.15) is 0 Å². The Morgan fingerprint density at radius 3 is 0.701 bits per heavy atom. The molecule has 0 aliphatic heterocycles. The number of phosphoric acid groups is 2. The number of rotatable bonds is 84. The minimum atomic E-state index is -4.96. The molecule has 664 valence electrons. The molecule has 117 heavy (non-hydrogen) atoms. The summed E-state index contributed by atoms with van der Waals surface area (Å²) in [6.45, 7) is 2.28. The largest absolute Gasteiger partial charge is 0.472 e. The van der Waals surface area contributed by atoms with Gasteiger partial charge in [-0.1, -0.05) is 369 Å². The number of esters is 3. The Kier molecular flexibility index (Phi) is 84.9. The Labute approximate surface area is 711 Å². The molecule has 16 nitrogen and oxygen atoms in total.